The van der Waals surface area contributed by atoms with Gasteiger partial charge in [0.2, 0.25) is 0 Å². The number of fused-ring (bicyclic) bond motifs is 1. The Bertz CT molecular complexity index is 1030. The fourth-order valence-corrected chi connectivity index (χ4v) is 3.94. The minimum absolute atomic E-state index is 0.251. The number of primary amides is 1. The fraction of sp³-hybridized carbons (Fsp3) is 0.300. The van der Waals surface area contributed by atoms with Gasteiger partial charge < -0.3 is 11.1 Å². The van der Waals surface area contributed by atoms with E-state index in [1.165, 1.54) is 6.20 Å². The zero-order chi connectivity index (χ0) is 19.2. The molecule has 2 aromatic heterocycles. The van der Waals surface area contributed by atoms with Gasteiger partial charge in [0.15, 0.2) is 0 Å². The molecule has 1 aliphatic rings. The highest BCUT2D eigenvalue weighted by atomic mass is 35.5. The van der Waals surface area contributed by atoms with Crippen LogP contribution in [0.3, 0.4) is 0 Å². The molecule has 3 N–H and O–H groups in total. The molecule has 27 heavy (non-hydrogen) atoms. The van der Waals surface area contributed by atoms with Crippen molar-refractivity contribution in [2.75, 3.05) is 5.32 Å². The van der Waals surface area contributed by atoms with E-state index in [9.17, 15) is 9.18 Å². The van der Waals surface area contributed by atoms with Gasteiger partial charge in [-0.25, -0.2) is 8.91 Å². The van der Waals surface area contributed by atoms with Crippen molar-refractivity contribution in [2.45, 2.75) is 37.9 Å². The number of nitrogens with zero attached hydrogens (tertiary/aromatic N) is 2. The number of nitrogens with two attached hydrogens (primary N) is 1. The summed E-state index contributed by atoms with van der Waals surface area (Å²) in [5, 5.41) is 8.16. The summed E-state index contributed by atoms with van der Waals surface area (Å²) in [6, 6.07) is 8.99. The number of anilines is 1. The van der Waals surface area contributed by atoms with E-state index in [2.05, 4.69) is 10.4 Å². The standard InChI is InChI=1S/C20H20ClFN4O/c1-20(22)7-3-6-17(20)25-18-15(19(23)27)10-24-26-11-13(9-16(18)26)12-4-2-5-14(21)8-12/h2,4-5,8-11,17,25H,3,6-7H2,1H3,(H2,23,27). The molecule has 0 bridgehead atoms. The van der Waals surface area contributed by atoms with Crippen LogP contribution in [0.15, 0.2) is 42.7 Å². The molecular formula is C20H20ClFN4O. The summed E-state index contributed by atoms with van der Waals surface area (Å²) < 4.78 is 16.5. The van der Waals surface area contributed by atoms with E-state index in [0.29, 0.717) is 29.1 Å². The van der Waals surface area contributed by atoms with Crippen LogP contribution in [0.5, 0.6) is 0 Å². The summed E-state index contributed by atoms with van der Waals surface area (Å²) in [6.07, 6.45) is 5.26. The molecule has 4 rings (SSSR count). The van der Waals surface area contributed by atoms with Crippen LogP contribution < -0.4 is 11.1 Å². The highest BCUT2D eigenvalue weighted by Gasteiger charge is 2.39. The van der Waals surface area contributed by atoms with E-state index >= 15 is 0 Å². The van der Waals surface area contributed by atoms with Crippen LogP contribution in [0.25, 0.3) is 16.6 Å². The first kappa shape index (κ1) is 17.8. The number of hydrogen-bond acceptors (Lipinski definition) is 3. The van der Waals surface area contributed by atoms with Gasteiger partial charge in [0.25, 0.3) is 5.91 Å². The third-order valence-corrected chi connectivity index (χ3v) is 5.50. The second-order valence-corrected chi connectivity index (χ2v) is 7.67. The van der Waals surface area contributed by atoms with Gasteiger partial charge >= 0.3 is 0 Å². The maximum Gasteiger partial charge on any atom is 0.252 e. The van der Waals surface area contributed by atoms with Gasteiger partial charge in [0, 0.05) is 16.8 Å². The number of amides is 1. The summed E-state index contributed by atoms with van der Waals surface area (Å²) in [4.78, 5) is 11.9. The van der Waals surface area contributed by atoms with E-state index < -0.39 is 11.6 Å². The van der Waals surface area contributed by atoms with Crippen molar-refractivity contribution in [1.82, 2.24) is 9.61 Å². The van der Waals surface area contributed by atoms with Crippen LogP contribution in [0, 0.1) is 0 Å². The molecule has 0 radical (unpaired) electrons. The normalized spacial score (nSPS) is 22.3. The Kier molecular flexibility index (Phi) is 4.30. The van der Waals surface area contributed by atoms with Crippen LogP contribution in [0.1, 0.15) is 36.5 Å². The first-order chi connectivity index (χ1) is 12.8. The van der Waals surface area contributed by atoms with Gasteiger partial charge in [-0.15, -0.1) is 0 Å². The molecule has 140 valence electrons. The number of aromatic nitrogens is 2. The number of carbonyl (C=O) groups excluding carboxylic acids is 1. The number of nitrogens with one attached hydrogen (secondary N) is 1. The first-order valence-corrected chi connectivity index (χ1v) is 9.25. The zero-order valence-electron chi connectivity index (χ0n) is 14.9. The predicted molar refractivity (Wildman–Crippen MR) is 105 cm³/mol. The van der Waals surface area contributed by atoms with Gasteiger partial charge in [-0.1, -0.05) is 23.7 Å². The minimum atomic E-state index is -1.34. The molecule has 1 saturated carbocycles. The van der Waals surface area contributed by atoms with Crippen molar-refractivity contribution in [1.29, 1.82) is 0 Å². The Morgan fingerprint density at radius 1 is 1.41 bits per heavy atom. The van der Waals surface area contributed by atoms with E-state index in [0.717, 1.165) is 17.5 Å². The lowest BCUT2D eigenvalue weighted by Gasteiger charge is -2.26. The lowest BCUT2D eigenvalue weighted by molar-refractivity contribution is 0.1000. The molecule has 2 unspecified atom stereocenters. The lowest BCUT2D eigenvalue weighted by atomic mass is 10.0. The second kappa shape index (κ2) is 6.53. The zero-order valence-corrected chi connectivity index (χ0v) is 15.6. The molecule has 0 spiro atoms. The Hall–Kier alpha value is -2.60. The van der Waals surface area contributed by atoms with Gasteiger partial charge in [0.1, 0.15) is 5.67 Å². The second-order valence-electron chi connectivity index (χ2n) is 7.23. The predicted octanol–water partition coefficient (Wildman–Crippen LogP) is 4.45. The maximum absolute atomic E-state index is 14.8. The maximum atomic E-state index is 14.8. The van der Waals surface area contributed by atoms with Crippen molar-refractivity contribution < 1.29 is 9.18 Å². The van der Waals surface area contributed by atoms with Crippen molar-refractivity contribution in [2.24, 2.45) is 5.73 Å². The number of benzene rings is 1. The molecule has 0 aliphatic heterocycles. The Morgan fingerprint density at radius 3 is 2.89 bits per heavy atom. The average Bonchev–Trinajstić information content (AvgIpc) is 3.18. The molecule has 2 atom stereocenters. The Morgan fingerprint density at radius 2 is 2.22 bits per heavy atom. The quantitative estimate of drug-likeness (QED) is 0.695. The number of rotatable bonds is 4. The fourth-order valence-electron chi connectivity index (χ4n) is 3.75. The molecule has 2 heterocycles. The van der Waals surface area contributed by atoms with Crippen molar-refractivity contribution in [3.63, 3.8) is 0 Å². The van der Waals surface area contributed by atoms with Crippen molar-refractivity contribution >= 4 is 28.7 Å². The summed E-state index contributed by atoms with van der Waals surface area (Å²) in [5.41, 5.74) is 7.47. The molecular weight excluding hydrogens is 367 g/mol. The monoisotopic (exact) mass is 386 g/mol. The molecule has 1 amide bonds. The van der Waals surface area contributed by atoms with E-state index in [-0.39, 0.29) is 11.6 Å². The van der Waals surface area contributed by atoms with Gasteiger partial charge in [-0.3, -0.25) is 4.79 Å². The van der Waals surface area contributed by atoms with Gasteiger partial charge in [-0.2, -0.15) is 5.10 Å². The molecule has 1 fully saturated rings. The van der Waals surface area contributed by atoms with Crippen LogP contribution >= 0.6 is 11.6 Å². The van der Waals surface area contributed by atoms with E-state index in [1.807, 2.05) is 30.5 Å². The number of halogens is 2. The van der Waals surface area contributed by atoms with Gasteiger partial charge in [0.05, 0.1) is 29.0 Å². The van der Waals surface area contributed by atoms with Crippen LogP contribution in [-0.4, -0.2) is 27.2 Å². The topological polar surface area (TPSA) is 72.4 Å². The lowest BCUT2D eigenvalue weighted by Crippen LogP contribution is -2.36. The molecule has 1 aliphatic carbocycles. The number of hydrogen-bond donors (Lipinski definition) is 2. The van der Waals surface area contributed by atoms with Crippen molar-refractivity contribution in [3.8, 4) is 11.1 Å². The van der Waals surface area contributed by atoms with Crippen LogP contribution in [-0.2, 0) is 0 Å². The largest absolute Gasteiger partial charge is 0.377 e. The Balaban J connectivity index is 1.84. The summed E-state index contributed by atoms with van der Waals surface area (Å²) in [7, 11) is 0. The Labute approximate surface area is 161 Å². The first-order valence-electron chi connectivity index (χ1n) is 8.88. The minimum Gasteiger partial charge on any atom is -0.377 e. The summed E-state index contributed by atoms with van der Waals surface area (Å²) >= 11 is 6.10. The summed E-state index contributed by atoms with van der Waals surface area (Å²) in [6.45, 7) is 1.59. The van der Waals surface area contributed by atoms with E-state index in [4.69, 9.17) is 17.3 Å². The molecule has 1 aromatic carbocycles. The summed E-state index contributed by atoms with van der Waals surface area (Å²) in [5.74, 6) is -0.600. The third kappa shape index (κ3) is 3.25. The molecule has 7 heteroatoms. The highest BCUT2D eigenvalue weighted by molar-refractivity contribution is 6.30. The SMILES string of the molecule is CC1(F)CCCC1Nc1c(C(N)=O)cnn2cc(-c3cccc(Cl)c3)cc12. The third-order valence-electron chi connectivity index (χ3n) is 5.26. The highest BCUT2D eigenvalue weighted by Crippen LogP contribution is 2.37. The average molecular weight is 387 g/mol. The number of alkyl halides is 1. The molecule has 3 aromatic rings. The number of carbonyl (C=O) groups is 1. The van der Waals surface area contributed by atoms with Gasteiger partial charge in [-0.05, 0) is 49.9 Å². The van der Waals surface area contributed by atoms with E-state index in [1.54, 1.807) is 17.5 Å². The van der Waals surface area contributed by atoms with Crippen molar-refractivity contribution in [3.05, 3.63) is 53.3 Å². The molecule has 0 saturated heterocycles. The smallest absolute Gasteiger partial charge is 0.252 e. The van der Waals surface area contributed by atoms with Crippen LogP contribution in [0.4, 0.5) is 10.1 Å². The molecule has 5 nitrogen and oxygen atoms in total. The van der Waals surface area contributed by atoms with Crippen LogP contribution in [0.2, 0.25) is 5.02 Å².